The third kappa shape index (κ3) is 3.79. The minimum absolute atomic E-state index is 0.0289. The highest BCUT2D eigenvalue weighted by Gasteiger charge is 2.34. The highest BCUT2D eigenvalue weighted by Crippen LogP contribution is 2.34. The number of para-hydroxylation sites is 1. The summed E-state index contributed by atoms with van der Waals surface area (Å²) >= 11 is 13.2. The van der Waals surface area contributed by atoms with Gasteiger partial charge >= 0.3 is 0 Å². The molecule has 0 atom stereocenters. The standard InChI is InChI=1S/C22H14Cl2N2O2S/c1-2-9-26-21(27)20(29-22(26)28)10-15-13-25(19-6-4-3-5-17(15)19)12-14-7-8-16(23)11-18(14)24/h1,3-8,10-11,13H,9,12H2/b20-10+. The van der Waals surface area contributed by atoms with E-state index in [9.17, 15) is 9.59 Å². The molecule has 4 nitrogen and oxygen atoms in total. The van der Waals surface area contributed by atoms with Gasteiger partial charge in [-0.1, -0.05) is 53.4 Å². The van der Waals surface area contributed by atoms with E-state index in [4.69, 9.17) is 29.6 Å². The van der Waals surface area contributed by atoms with E-state index in [1.165, 1.54) is 0 Å². The second-order valence-electron chi connectivity index (χ2n) is 6.44. The Bertz CT molecular complexity index is 1220. The van der Waals surface area contributed by atoms with Crippen LogP contribution in [0.1, 0.15) is 11.1 Å². The molecule has 0 aliphatic carbocycles. The number of terminal acetylenes is 1. The number of hydrogen-bond acceptors (Lipinski definition) is 3. The molecular formula is C22H14Cl2N2O2S. The van der Waals surface area contributed by atoms with Crippen LogP contribution in [0.25, 0.3) is 17.0 Å². The van der Waals surface area contributed by atoms with Gasteiger partial charge in [0.15, 0.2) is 0 Å². The van der Waals surface area contributed by atoms with E-state index >= 15 is 0 Å². The minimum atomic E-state index is -0.365. The quantitative estimate of drug-likeness (QED) is 0.387. The maximum atomic E-state index is 12.5. The van der Waals surface area contributed by atoms with Crippen molar-refractivity contribution < 1.29 is 9.59 Å². The molecule has 1 aliphatic rings. The molecule has 0 saturated carbocycles. The number of halogens is 2. The Balaban J connectivity index is 1.74. The molecular weight excluding hydrogens is 427 g/mol. The number of rotatable bonds is 4. The van der Waals surface area contributed by atoms with Gasteiger partial charge in [0.05, 0.1) is 11.4 Å². The van der Waals surface area contributed by atoms with Crippen molar-refractivity contribution >= 4 is 63.1 Å². The fourth-order valence-electron chi connectivity index (χ4n) is 3.22. The van der Waals surface area contributed by atoms with E-state index in [2.05, 4.69) is 10.5 Å². The van der Waals surface area contributed by atoms with Crippen LogP contribution in [0.2, 0.25) is 10.0 Å². The number of thioether (sulfide) groups is 1. The van der Waals surface area contributed by atoms with Gasteiger partial charge in [0.25, 0.3) is 11.1 Å². The number of nitrogens with zero attached hydrogens (tertiary/aromatic N) is 2. The molecule has 1 saturated heterocycles. The summed E-state index contributed by atoms with van der Waals surface area (Å²) in [4.78, 5) is 26.0. The van der Waals surface area contributed by atoms with Crippen molar-refractivity contribution in [1.82, 2.24) is 9.47 Å². The molecule has 0 unspecified atom stereocenters. The van der Waals surface area contributed by atoms with Crippen molar-refractivity contribution in [1.29, 1.82) is 0 Å². The molecule has 0 radical (unpaired) electrons. The van der Waals surface area contributed by atoms with Crippen molar-refractivity contribution in [2.45, 2.75) is 6.54 Å². The van der Waals surface area contributed by atoms with Gasteiger partial charge in [0.1, 0.15) is 0 Å². The summed E-state index contributed by atoms with van der Waals surface area (Å²) < 4.78 is 2.06. The molecule has 144 valence electrons. The number of hydrogen-bond donors (Lipinski definition) is 0. The SMILES string of the molecule is C#CCN1C(=O)S/C(=C/c2cn(Cc3ccc(Cl)cc3Cl)c3ccccc23)C1=O. The second kappa shape index (κ2) is 8.00. The van der Waals surface area contributed by atoms with Crippen LogP contribution in [0.15, 0.2) is 53.6 Å². The first kappa shape index (κ1) is 19.7. The maximum absolute atomic E-state index is 12.5. The lowest BCUT2D eigenvalue weighted by Crippen LogP contribution is -2.28. The smallest absolute Gasteiger partial charge is 0.294 e. The number of imide groups is 1. The molecule has 2 heterocycles. The first-order valence-electron chi connectivity index (χ1n) is 8.68. The van der Waals surface area contributed by atoms with Gasteiger partial charge in [-0.05, 0) is 41.6 Å². The zero-order valence-corrected chi connectivity index (χ0v) is 17.4. The molecule has 0 N–H and O–H groups in total. The topological polar surface area (TPSA) is 42.3 Å². The Kier molecular flexibility index (Phi) is 5.42. The molecule has 0 bridgehead atoms. The van der Waals surface area contributed by atoms with E-state index < -0.39 is 0 Å². The van der Waals surface area contributed by atoms with Crippen molar-refractivity contribution in [2.24, 2.45) is 0 Å². The highest BCUT2D eigenvalue weighted by atomic mass is 35.5. The molecule has 2 aromatic carbocycles. The lowest BCUT2D eigenvalue weighted by atomic mass is 10.1. The van der Waals surface area contributed by atoms with Gasteiger partial charge in [-0.15, -0.1) is 6.42 Å². The molecule has 1 aliphatic heterocycles. The maximum Gasteiger partial charge on any atom is 0.294 e. The van der Waals surface area contributed by atoms with Crippen LogP contribution in [0.3, 0.4) is 0 Å². The number of amides is 2. The van der Waals surface area contributed by atoms with Crippen molar-refractivity contribution in [2.75, 3.05) is 6.54 Å². The summed E-state index contributed by atoms with van der Waals surface area (Å²) in [5, 5.41) is 1.80. The predicted octanol–water partition coefficient (Wildman–Crippen LogP) is 5.67. The Morgan fingerprint density at radius 1 is 1.14 bits per heavy atom. The zero-order chi connectivity index (χ0) is 20.5. The second-order valence-corrected chi connectivity index (χ2v) is 8.27. The molecule has 3 aromatic rings. The van der Waals surface area contributed by atoms with Crippen molar-refractivity contribution in [3.8, 4) is 12.3 Å². The molecule has 0 spiro atoms. The van der Waals surface area contributed by atoms with Crippen molar-refractivity contribution in [3.05, 3.63) is 74.7 Å². The van der Waals surface area contributed by atoms with Crippen LogP contribution in [-0.2, 0) is 11.3 Å². The summed E-state index contributed by atoms with van der Waals surface area (Å²) in [5.41, 5.74) is 2.77. The Hall–Kier alpha value is -2.65. The third-order valence-electron chi connectivity index (χ3n) is 4.58. The third-order valence-corrected chi connectivity index (χ3v) is 6.08. The largest absolute Gasteiger partial charge is 0.342 e. The van der Waals surface area contributed by atoms with Gasteiger partial charge in [-0.25, -0.2) is 0 Å². The number of benzene rings is 2. The number of carbonyl (C=O) groups excluding carboxylic acids is 2. The molecule has 2 amide bonds. The van der Waals surface area contributed by atoms with Gasteiger partial charge < -0.3 is 4.57 Å². The van der Waals surface area contributed by atoms with Gasteiger partial charge in [-0.3, -0.25) is 14.5 Å². The summed E-state index contributed by atoms with van der Waals surface area (Å²) in [7, 11) is 0. The van der Waals surface area contributed by atoms with Gasteiger partial charge in [0, 0.05) is 39.3 Å². The predicted molar refractivity (Wildman–Crippen MR) is 119 cm³/mol. The summed E-state index contributed by atoms with van der Waals surface area (Å²) in [6.07, 6.45) is 8.95. The molecule has 1 fully saturated rings. The fourth-order valence-corrected chi connectivity index (χ4v) is 4.52. The average molecular weight is 441 g/mol. The van der Waals surface area contributed by atoms with Crippen LogP contribution in [0.4, 0.5) is 4.79 Å². The number of fused-ring (bicyclic) bond motifs is 1. The molecule has 1 aromatic heterocycles. The summed E-state index contributed by atoms with van der Waals surface area (Å²) in [5.74, 6) is 1.98. The molecule has 29 heavy (non-hydrogen) atoms. The monoisotopic (exact) mass is 440 g/mol. The van der Waals surface area contributed by atoms with Gasteiger partial charge in [0.2, 0.25) is 0 Å². The van der Waals surface area contributed by atoms with E-state index in [0.717, 1.165) is 38.7 Å². The lowest BCUT2D eigenvalue weighted by Gasteiger charge is -2.08. The van der Waals surface area contributed by atoms with E-state index in [0.29, 0.717) is 21.5 Å². The number of aromatic nitrogens is 1. The first-order chi connectivity index (χ1) is 14.0. The van der Waals surface area contributed by atoms with E-state index in [-0.39, 0.29) is 17.7 Å². The van der Waals surface area contributed by atoms with Gasteiger partial charge in [-0.2, -0.15) is 0 Å². The lowest BCUT2D eigenvalue weighted by molar-refractivity contribution is -0.122. The first-order valence-corrected chi connectivity index (χ1v) is 10.3. The minimum Gasteiger partial charge on any atom is -0.342 e. The Morgan fingerprint density at radius 2 is 1.93 bits per heavy atom. The Labute approximate surface area is 182 Å². The average Bonchev–Trinajstić information content (AvgIpc) is 3.17. The number of carbonyl (C=O) groups is 2. The van der Waals surface area contributed by atoms with Crippen molar-refractivity contribution in [3.63, 3.8) is 0 Å². The summed E-state index contributed by atoms with van der Waals surface area (Å²) in [6, 6.07) is 13.3. The normalized spacial score (nSPS) is 15.5. The molecule has 7 heteroatoms. The Morgan fingerprint density at radius 3 is 2.69 bits per heavy atom. The highest BCUT2D eigenvalue weighted by molar-refractivity contribution is 8.18. The van der Waals surface area contributed by atoms with Crippen LogP contribution >= 0.6 is 35.0 Å². The van der Waals surface area contributed by atoms with E-state index in [1.807, 2.05) is 36.5 Å². The van der Waals surface area contributed by atoms with Crippen LogP contribution in [0.5, 0.6) is 0 Å². The van der Waals surface area contributed by atoms with Crippen LogP contribution < -0.4 is 0 Å². The fraction of sp³-hybridized carbons (Fsp3) is 0.0909. The van der Waals surface area contributed by atoms with Crippen LogP contribution in [-0.4, -0.2) is 27.2 Å². The zero-order valence-electron chi connectivity index (χ0n) is 15.1. The summed E-state index contributed by atoms with van der Waals surface area (Å²) in [6.45, 7) is 0.516. The van der Waals surface area contributed by atoms with E-state index in [1.54, 1.807) is 18.2 Å². The van der Waals surface area contributed by atoms with Crippen LogP contribution in [0, 0.1) is 12.3 Å². The molecule has 4 rings (SSSR count).